The van der Waals surface area contributed by atoms with E-state index in [9.17, 15) is 4.39 Å². The Morgan fingerprint density at radius 1 is 1.30 bits per heavy atom. The number of thioether (sulfide) groups is 1. The molecular formula is C17H28FNS. The largest absolute Gasteiger partial charge is 0.312 e. The van der Waals surface area contributed by atoms with Gasteiger partial charge in [-0.1, -0.05) is 19.1 Å². The maximum atomic E-state index is 13.3. The maximum absolute atomic E-state index is 13.3. The monoisotopic (exact) mass is 297 g/mol. The lowest BCUT2D eigenvalue weighted by Crippen LogP contribution is -2.39. The highest BCUT2D eigenvalue weighted by Gasteiger charge is 2.15. The van der Waals surface area contributed by atoms with Crippen LogP contribution < -0.4 is 5.32 Å². The lowest BCUT2D eigenvalue weighted by atomic mass is 9.95. The third kappa shape index (κ3) is 7.91. The zero-order chi connectivity index (χ0) is 15.0. The molecule has 0 bridgehead atoms. The van der Waals surface area contributed by atoms with Gasteiger partial charge in [0.05, 0.1) is 0 Å². The van der Waals surface area contributed by atoms with Crippen LogP contribution in [0.5, 0.6) is 0 Å². The zero-order valence-corrected chi connectivity index (χ0v) is 14.0. The van der Waals surface area contributed by atoms with Gasteiger partial charge in [0.1, 0.15) is 5.82 Å². The number of halogens is 1. The van der Waals surface area contributed by atoms with Gasteiger partial charge in [0.15, 0.2) is 0 Å². The summed E-state index contributed by atoms with van der Waals surface area (Å²) in [6.07, 6.45) is 2.13. The highest BCUT2D eigenvalue weighted by Crippen LogP contribution is 2.17. The Morgan fingerprint density at radius 2 is 2.05 bits per heavy atom. The van der Waals surface area contributed by atoms with Crippen molar-refractivity contribution in [3.8, 4) is 0 Å². The van der Waals surface area contributed by atoms with Crippen LogP contribution in [-0.2, 0) is 6.42 Å². The summed E-state index contributed by atoms with van der Waals surface area (Å²) in [6.45, 7) is 9.75. The van der Waals surface area contributed by atoms with Crippen LogP contribution in [0.1, 0.15) is 39.7 Å². The fourth-order valence-corrected chi connectivity index (χ4v) is 2.91. The van der Waals surface area contributed by atoms with Gasteiger partial charge in [-0.2, -0.15) is 11.8 Å². The van der Waals surface area contributed by atoms with E-state index in [0.29, 0.717) is 5.92 Å². The van der Waals surface area contributed by atoms with Gasteiger partial charge in [0, 0.05) is 5.54 Å². The Labute approximate surface area is 127 Å². The average molecular weight is 297 g/mol. The lowest BCUT2D eigenvalue weighted by molar-refractivity contribution is 0.364. The third-order valence-corrected chi connectivity index (χ3v) is 4.14. The van der Waals surface area contributed by atoms with Crippen LogP contribution >= 0.6 is 11.8 Å². The molecule has 0 heterocycles. The Kier molecular flexibility index (Phi) is 7.60. The molecule has 1 nitrogen and oxygen atoms in total. The minimum Gasteiger partial charge on any atom is -0.312 e. The highest BCUT2D eigenvalue weighted by molar-refractivity contribution is 7.99. The predicted molar refractivity (Wildman–Crippen MR) is 89.0 cm³/mol. The molecule has 0 fully saturated rings. The minimum atomic E-state index is -0.132. The molecule has 114 valence electrons. The van der Waals surface area contributed by atoms with E-state index in [0.717, 1.165) is 18.5 Å². The molecule has 3 heteroatoms. The molecule has 0 saturated heterocycles. The molecule has 1 unspecified atom stereocenters. The quantitative estimate of drug-likeness (QED) is 0.708. The molecule has 0 amide bonds. The van der Waals surface area contributed by atoms with Crippen molar-refractivity contribution in [1.29, 1.82) is 0 Å². The molecule has 0 radical (unpaired) electrons. The molecule has 0 aromatic heterocycles. The van der Waals surface area contributed by atoms with Crippen molar-refractivity contribution in [2.24, 2.45) is 5.92 Å². The molecule has 0 aliphatic heterocycles. The molecule has 1 aromatic rings. The van der Waals surface area contributed by atoms with Crippen molar-refractivity contribution in [3.05, 3.63) is 35.6 Å². The van der Waals surface area contributed by atoms with E-state index in [-0.39, 0.29) is 11.4 Å². The average Bonchev–Trinajstić information content (AvgIpc) is 2.35. The summed E-state index contributed by atoms with van der Waals surface area (Å²) in [5.41, 5.74) is 1.24. The molecular weight excluding hydrogens is 269 g/mol. The smallest absolute Gasteiger partial charge is 0.123 e. The Balaban J connectivity index is 2.56. The summed E-state index contributed by atoms with van der Waals surface area (Å²) < 4.78 is 13.3. The number of nitrogens with one attached hydrogen (secondary N) is 1. The number of hydrogen-bond acceptors (Lipinski definition) is 2. The van der Waals surface area contributed by atoms with Crippen molar-refractivity contribution >= 4 is 11.8 Å². The highest BCUT2D eigenvalue weighted by atomic mass is 32.2. The predicted octanol–water partition coefficient (Wildman–Crippen LogP) is 4.52. The summed E-state index contributed by atoms with van der Waals surface area (Å²) in [4.78, 5) is 0. The van der Waals surface area contributed by atoms with Crippen LogP contribution in [0.3, 0.4) is 0 Å². The van der Waals surface area contributed by atoms with E-state index in [2.05, 4.69) is 33.0 Å². The molecule has 20 heavy (non-hydrogen) atoms. The maximum Gasteiger partial charge on any atom is 0.123 e. The second kappa shape index (κ2) is 8.68. The van der Waals surface area contributed by atoms with Crippen LogP contribution in [0.15, 0.2) is 24.3 Å². The SMILES string of the molecule is CCSCCC(CNC(C)(C)C)Cc1cccc(F)c1. The van der Waals surface area contributed by atoms with Crippen molar-refractivity contribution in [2.45, 2.75) is 46.1 Å². The van der Waals surface area contributed by atoms with Crippen molar-refractivity contribution < 1.29 is 4.39 Å². The topological polar surface area (TPSA) is 12.0 Å². The van der Waals surface area contributed by atoms with Gasteiger partial charge >= 0.3 is 0 Å². The van der Waals surface area contributed by atoms with E-state index in [1.807, 2.05) is 17.8 Å². The minimum absolute atomic E-state index is 0.132. The van der Waals surface area contributed by atoms with Gasteiger partial charge in [-0.15, -0.1) is 0 Å². The van der Waals surface area contributed by atoms with E-state index in [1.54, 1.807) is 12.1 Å². The summed E-state index contributed by atoms with van der Waals surface area (Å²) >= 11 is 1.98. The lowest BCUT2D eigenvalue weighted by Gasteiger charge is -2.25. The molecule has 0 aliphatic carbocycles. The zero-order valence-electron chi connectivity index (χ0n) is 13.2. The summed E-state index contributed by atoms with van der Waals surface area (Å²) in [5.74, 6) is 2.78. The fraction of sp³-hybridized carbons (Fsp3) is 0.647. The van der Waals surface area contributed by atoms with Crippen LogP contribution in [0.25, 0.3) is 0 Å². The first-order valence-corrected chi connectivity index (χ1v) is 8.63. The Hall–Kier alpha value is -0.540. The first-order chi connectivity index (χ1) is 9.40. The Bertz CT molecular complexity index is 387. The summed E-state index contributed by atoms with van der Waals surface area (Å²) in [6, 6.07) is 7.01. The van der Waals surface area contributed by atoms with E-state index in [4.69, 9.17) is 0 Å². The molecule has 1 rings (SSSR count). The fourth-order valence-electron chi connectivity index (χ4n) is 2.12. The first kappa shape index (κ1) is 17.5. The van der Waals surface area contributed by atoms with Crippen LogP contribution in [-0.4, -0.2) is 23.6 Å². The van der Waals surface area contributed by atoms with E-state index in [1.165, 1.54) is 24.0 Å². The van der Waals surface area contributed by atoms with Crippen LogP contribution in [0.4, 0.5) is 4.39 Å². The van der Waals surface area contributed by atoms with Crippen molar-refractivity contribution in [2.75, 3.05) is 18.1 Å². The molecule has 0 saturated carbocycles. The van der Waals surface area contributed by atoms with Crippen molar-refractivity contribution in [3.63, 3.8) is 0 Å². The van der Waals surface area contributed by atoms with E-state index >= 15 is 0 Å². The number of rotatable bonds is 8. The van der Waals surface area contributed by atoms with Crippen LogP contribution in [0, 0.1) is 11.7 Å². The molecule has 1 atom stereocenters. The number of hydrogen-bond donors (Lipinski definition) is 1. The second-order valence-electron chi connectivity index (χ2n) is 6.32. The van der Waals surface area contributed by atoms with Gasteiger partial charge in [-0.3, -0.25) is 0 Å². The number of benzene rings is 1. The van der Waals surface area contributed by atoms with Gasteiger partial charge in [0.25, 0.3) is 0 Å². The summed E-state index contributed by atoms with van der Waals surface area (Å²) in [5, 5.41) is 3.58. The van der Waals surface area contributed by atoms with Gasteiger partial charge in [-0.05, 0) is 75.3 Å². The normalized spacial score (nSPS) is 13.4. The Morgan fingerprint density at radius 3 is 2.65 bits per heavy atom. The summed E-state index contributed by atoms with van der Waals surface area (Å²) in [7, 11) is 0. The molecule has 0 aliphatic rings. The van der Waals surface area contributed by atoms with Gasteiger partial charge < -0.3 is 5.32 Å². The second-order valence-corrected chi connectivity index (χ2v) is 7.71. The van der Waals surface area contributed by atoms with Crippen LogP contribution in [0.2, 0.25) is 0 Å². The first-order valence-electron chi connectivity index (χ1n) is 7.48. The molecule has 0 spiro atoms. The molecule has 1 aromatic carbocycles. The van der Waals surface area contributed by atoms with E-state index < -0.39 is 0 Å². The third-order valence-electron chi connectivity index (χ3n) is 3.21. The van der Waals surface area contributed by atoms with Crippen molar-refractivity contribution in [1.82, 2.24) is 5.32 Å². The molecule has 1 N–H and O–H groups in total. The standard InChI is InChI=1S/C17H28FNS/c1-5-20-10-9-15(13-19-17(2,3)4)11-14-7-6-8-16(18)12-14/h6-8,12,15,19H,5,9-11,13H2,1-4H3. The van der Waals surface area contributed by atoms with Gasteiger partial charge in [-0.25, -0.2) is 4.39 Å². The van der Waals surface area contributed by atoms with Gasteiger partial charge in [0.2, 0.25) is 0 Å².